The number of anilines is 1. The van der Waals surface area contributed by atoms with Crippen LogP contribution >= 0.6 is 11.8 Å². The van der Waals surface area contributed by atoms with E-state index in [1.165, 1.54) is 34.8 Å². The summed E-state index contributed by atoms with van der Waals surface area (Å²) in [6.45, 7) is 6.32. The average molecular weight is 557 g/mol. The number of H-pyrrole nitrogens is 1. The fourth-order valence-corrected chi connectivity index (χ4v) is 6.87. The van der Waals surface area contributed by atoms with Crippen LogP contribution in [0.2, 0.25) is 0 Å². The Morgan fingerprint density at radius 3 is 1.90 bits per heavy atom. The standard InChI is InChI=1S/C35H32N4OS/c1-25-22-34(2,3)39(32(40)23-41-33-36-24-37-38-33)31-20-19-29(21-30(25)31)35(26-13-7-4-8-14-26,27-15-9-5-10-16-27)28-17-11-6-12-18-28/h4-22,24H,23H2,1-3H3,(H,36,37,38). The van der Waals surface area contributed by atoms with Gasteiger partial charge < -0.3 is 4.90 Å². The van der Waals surface area contributed by atoms with E-state index in [-0.39, 0.29) is 11.7 Å². The van der Waals surface area contributed by atoms with Gasteiger partial charge in [-0.3, -0.25) is 9.89 Å². The molecule has 5 aromatic rings. The number of hydrogen-bond donors (Lipinski definition) is 1. The van der Waals surface area contributed by atoms with Crippen LogP contribution in [0.4, 0.5) is 5.69 Å². The van der Waals surface area contributed by atoms with Gasteiger partial charge in [-0.05, 0) is 60.7 Å². The predicted molar refractivity (Wildman–Crippen MR) is 167 cm³/mol. The summed E-state index contributed by atoms with van der Waals surface area (Å²) in [5.74, 6) is 0.281. The summed E-state index contributed by atoms with van der Waals surface area (Å²) in [4.78, 5) is 19.8. The lowest BCUT2D eigenvalue weighted by atomic mass is 9.64. The van der Waals surface area contributed by atoms with Crippen molar-refractivity contribution in [2.75, 3.05) is 10.7 Å². The Balaban J connectivity index is 1.54. The van der Waals surface area contributed by atoms with E-state index in [9.17, 15) is 4.79 Å². The van der Waals surface area contributed by atoms with Crippen LogP contribution in [0.3, 0.4) is 0 Å². The topological polar surface area (TPSA) is 61.9 Å². The number of benzene rings is 4. The smallest absolute Gasteiger partial charge is 0.238 e. The summed E-state index contributed by atoms with van der Waals surface area (Å²) in [6, 6.07) is 38.7. The zero-order chi connectivity index (χ0) is 28.5. The molecular weight excluding hydrogens is 524 g/mol. The number of amides is 1. The largest absolute Gasteiger partial charge is 0.302 e. The van der Waals surface area contributed by atoms with Gasteiger partial charge in [0.25, 0.3) is 0 Å². The number of allylic oxidation sites excluding steroid dienone is 1. The molecule has 0 bridgehead atoms. The monoisotopic (exact) mass is 556 g/mol. The minimum Gasteiger partial charge on any atom is -0.302 e. The van der Waals surface area contributed by atoms with Crippen LogP contribution in [0.5, 0.6) is 0 Å². The minimum atomic E-state index is -0.553. The zero-order valence-corrected chi connectivity index (χ0v) is 24.2. The Bertz CT molecular complexity index is 1580. The SMILES string of the molecule is CC1=CC(C)(C)N(C(=O)CSc2ncn[nH]2)c2ccc(C(c3ccccc3)(c3ccccc3)c3ccccc3)cc21. The number of fused-ring (bicyclic) bond motifs is 1. The number of nitrogens with one attached hydrogen (secondary N) is 1. The van der Waals surface area contributed by atoms with Crippen LogP contribution in [0, 0.1) is 0 Å². The Kier molecular flexibility index (Phi) is 7.10. The quantitative estimate of drug-likeness (QED) is 0.166. The highest BCUT2D eigenvalue weighted by atomic mass is 32.2. The maximum absolute atomic E-state index is 13.7. The lowest BCUT2D eigenvalue weighted by molar-refractivity contribution is -0.116. The fourth-order valence-electron chi connectivity index (χ4n) is 6.24. The molecule has 1 aliphatic heterocycles. The van der Waals surface area contributed by atoms with Gasteiger partial charge in [0, 0.05) is 5.56 Å². The van der Waals surface area contributed by atoms with Crippen LogP contribution in [0.1, 0.15) is 48.6 Å². The zero-order valence-electron chi connectivity index (χ0n) is 23.4. The molecule has 0 spiro atoms. The summed E-state index contributed by atoms with van der Waals surface area (Å²) in [6.07, 6.45) is 3.66. The van der Waals surface area contributed by atoms with E-state index in [1.807, 2.05) is 4.90 Å². The Hall–Kier alpha value is -4.42. The highest BCUT2D eigenvalue weighted by Gasteiger charge is 2.41. The van der Waals surface area contributed by atoms with Gasteiger partial charge >= 0.3 is 0 Å². The summed E-state index contributed by atoms with van der Waals surface area (Å²) in [7, 11) is 0. The van der Waals surface area contributed by atoms with E-state index < -0.39 is 11.0 Å². The van der Waals surface area contributed by atoms with Gasteiger partial charge in [-0.15, -0.1) is 0 Å². The Labute approximate surface area is 245 Å². The van der Waals surface area contributed by atoms with Gasteiger partial charge in [0.1, 0.15) is 6.33 Å². The molecule has 6 heteroatoms. The lowest BCUT2D eigenvalue weighted by Gasteiger charge is -2.43. The molecule has 0 aliphatic carbocycles. The molecule has 0 radical (unpaired) electrons. The number of aromatic nitrogens is 3. The molecule has 4 aromatic carbocycles. The second kappa shape index (κ2) is 10.9. The van der Waals surface area contributed by atoms with Gasteiger partial charge in [-0.2, -0.15) is 5.10 Å². The molecule has 1 aromatic heterocycles. The molecule has 0 saturated heterocycles. The van der Waals surface area contributed by atoms with E-state index in [1.54, 1.807) is 0 Å². The van der Waals surface area contributed by atoms with Gasteiger partial charge in [-0.1, -0.05) is 115 Å². The molecule has 6 rings (SSSR count). The molecule has 1 aliphatic rings. The van der Waals surface area contributed by atoms with Crippen LogP contribution in [0.15, 0.2) is 127 Å². The molecule has 5 nitrogen and oxygen atoms in total. The van der Waals surface area contributed by atoms with Crippen molar-refractivity contribution in [3.05, 3.63) is 149 Å². The first-order chi connectivity index (χ1) is 19.9. The number of nitrogens with zero attached hydrogens (tertiary/aromatic N) is 3. The molecule has 0 atom stereocenters. The van der Waals surface area contributed by atoms with Crippen molar-refractivity contribution in [2.24, 2.45) is 0 Å². The molecule has 2 heterocycles. The van der Waals surface area contributed by atoms with Crippen molar-refractivity contribution in [3.8, 4) is 0 Å². The fraction of sp³-hybridized carbons (Fsp3) is 0.171. The number of aromatic amines is 1. The van der Waals surface area contributed by atoms with Crippen LogP contribution < -0.4 is 4.90 Å². The molecule has 1 N–H and O–H groups in total. The number of rotatable bonds is 7. The van der Waals surface area contributed by atoms with Gasteiger partial charge in [0.2, 0.25) is 5.91 Å². The minimum absolute atomic E-state index is 0.0228. The average Bonchev–Trinajstić information content (AvgIpc) is 3.52. The summed E-state index contributed by atoms with van der Waals surface area (Å²) in [5, 5.41) is 7.37. The number of carbonyl (C=O) groups is 1. The van der Waals surface area contributed by atoms with E-state index >= 15 is 0 Å². The van der Waals surface area contributed by atoms with E-state index in [0.29, 0.717) is 5.16 Å². The normalized spacial score (nSPS) is 14.3. The number of thioether (sulfide) groups is 1. The molecule has 41 heavy (non-hydrogen) atoms. The molecule has 204 valence electrons. The highest BCUT2D eigenvalue weighted by Crippen LogP contribution is 2.48. The van der Waals surface area contributed by atoms with Gasteiger partial charge in [0.15, 0.2) is 5.16 Å². The third kappa shape index (κ3) is 4.78. The predicted octanol–water partition coefficient (Wildman–Crippen LogP) is 7.51. The Morgan fingerprint density at radius 1 is 0.829 bits per heavy atom. The van der Waals surface area contributed by atoms with E-state index in [4.69, 9.17) is 0 Å². The summed E-state index contributed by atoms with van der Waals surface area (Å²) in [5.41, 5.74) is 6.81. The highest BCUT2D eigenvalue weighted by molar-refractivity contribution is 7.99. The molecule has 1 amide bonds. The molecule has 0 unspecified atom stereocenters. The van der Waals surface area contributed by atoms with Crippen molar-refractivity contribution in [3.63, 3.8) is 0 Å². The van der Waals surface area contributed by atoms with Crippen LogP contribution in [-0.2, 0) is 10.2 Å². The first kappa shape index (κ1) is 26.8. The van der Waals surface area contributed by atoms with E-state index in [0.717, 1.165) is 22.4 Å². The van der Waals surface area contributed by atoms with Gasteiger partial charge in [0.05, 0.1) is 22.4 Å². The summed E-state index contributed by atoms with van der Waals surface area (Å²) >= 11 is 1.36. The summed E-state index contributed by atoms with van der Waals surface area (Å²) < 4.78 is 0. The van der Waals surface area contributed by atoms with Crippen molar-refractivity contribution in [2.45, 2.75) is 36.9 Å². The van der Waals surface area contributed by atoms with Gasteiger partial charge in [-0.25, -0.2) is 4.98 Å². The van der Waals surface area contributed by atoms with Crippen molar-refractivity contribution < 1.29 is 4.79 Å². The second-order valence-electron chi connectivity index (χ2n) is 10.9. The van der Waals surface area contributed by atoms with E-state index in [2.05, 4.69) is 151 Å². The lowest BCUT2D eigenvalue weighted by Crippen LogP contribution is -2.49. The molecule has 0 fully saturated rings. The molecular formula is C35H32N4OS. The Morgan fingerprint density at radius 2 is 1.39 bits per heavy atom. The first-order valence-electron chi connectivity index (χ1n) is 13.7. The second-order valence-corrected chi connectivity index (χ2v) is 11.8. The van der Waals surface area contributed by atoms with Crippen LogP contribution in [-0.4, -0.2) is 32.4 Å². The number of carbonyl (C=O) groups excluding carboxylic acids is 1. The van der Waals surface area contributed by atoms with Crippen molar-refractivity contribution in [1.29, 1.82) is 0 Å². The third-order valence-electron chi connectivity index (χ3n) is 7.84. The maximum Gasteiger partial charge on any atom is 0.238 e. The maximum atomic E-state index is 13.7. The number of hydrogen-bond acceptors (Lipinski definition) is 4. The molecule has 0 saturated carbocycles. The van der Waals surface area contributed by atoms with Crippen molar-refractivity contribution >= 4 is 28.9 Å². The first-order valence-corrected chi connectivity index (χ1v) is 14.7. The van der Waals surface area contributed by atoms with Crippen LogP contribution in [0.25, 0.3) is 5.57 Å². The van der Waals surface area contributed by atoms with Crippen molar-refractivity contribution in [1.82, 2.24) is 15.2 Å². The third-order valence-corrected chi connectivity index (χ3v) is 8.70.